The minimum atomic E-state index is -0.783. The summed E-state index contributed by atoms with van der Waals surface area (Å²) in [6.45, 7) is 2.49. The minimum Gasteiger partial charge on any atom is -0.384 e. The number of rotatable bonds is 6. The quantitative estimate of drug-likeness (QED) is 0.609. The molecule has 1 atom stereocenters. The molecule has 0 radical (unpaired) electrons. The Labute approximate surface area is 96.5 Å². The Morgan fingerprint density at radius 2 is 2.00 bits per heavy atom. The zero-order valence-corrected chi connectivity index (χ0v) is 9.83. The van der Waals surface area contributed by atoms with Gasteiger partial charge >= 0.3 is 0 Å². The molecule has 0 heterocycles. The van der Waals surface area contributed by atoms with E-state index in [1.54, 1.807) is 12.1 Å². The summed E-state index contributed by atoms with van der Waals surface area (Å²) in [5, 5.41) is 13.5. The van der Waals surface area contributed by atoms with E-state index < -0.39 is 15.7 Å². The molecule has 1 aromatic carbocycles. The zero-order valence-electron chi connectivity index (χ0n) is 9.01. The molecule has 6 heteroatoms. The van der Waals surface area contributed by atoms with Crippen LogP contribution in [0.25, 0.3) is 0 Å². The van der Waals surface area contributed by atoms with E-state index in [4.69, 9.17) is 0 Å². The van der Waals surface area contributed by atoms with Crippen molar-refractivity contribution in [2.45, 2.75) is 6.92 Å². The standard InChI is InChI=1S/C10H14N2O3S/c1-2-16(15)8-7-11-9-3-5-10(6-4-9)12(13)14/h3-6,11H,2,7-8H2,1H3. The van der Waals surface area contributed by atoms with Gasteiger partial charge in [-0.3, -0.25) is 14.3 Å². The molecule has 0 saturated carbocycles. The van der Waals surface area contributed by atoms with E-state index in [1.165, 1.54) is 12.1 Å². The van der Waals surface area contributed by atoms with E-state index in [0.29, 0.717) is 18.1 Å². The molecule has 1 rings (SSSR count). The van der Waals surface area contributed by atoms with Crippen molar-refractivity contribution in [1.82, 2.24) is 0 Å². The highest BCUT2D eigenvalue weighted by molar-refractivity contribution is 7.84. The molecule has 1 aromatic rings. The van der Waals surface area contributed by atoms with Crippen molar-refractivity contribution < 1.29 is 9.13 Å². The van der Waals surface area contributed by atoms with Gasteiger partial charge in [0.05, 0.1) is 4.92 Å². The van der Waals surface area contributed by atoms with Crippen LogP contribution in [-0.2, 0) is 10.8 Å². The Bertz CT molecular complexity index is 378. The van der Waals surface area contributed by atoms with Crippen molar-refractivity contribution in [3.63, 3.8) is 0 Å². The fourth-order valence-corrected chi connectivity index (χ4v) is 1.77. The smallest absolute Gasteiger partial charge is 0.269 e. The van der Waals surface area contributed by atoms with Crippen LogP contribution in [-0.4, -0.2) is 27.2 Å². The van der Waals surface area contributed by atoms with Crippen molar-refractivity contribution in [2.75, 3.05) is 23.4 Å². The van der Waals surface area contributed by atoms with Crippen LogP contribution in [0.3, 0.4) is 0 Å². The summed E-state index contributed by atoms with van der Waals surface area (Å²) in [6, 6.07) is 6.18. The highest BCUT2D eigenvalue weighted by atomic mass is 32.2. The first-order chi connectivity index (χ1) is 7.63. The SMILES string of the molecule is CCS(=O)CCNc1ccc([N+](=O)[O-])cc1. The van der Waals surface area contributed by atoms with Crippen LogP contribution in [0.4, 0.5) is 11.4 Å². The first kappa shape index (κ1) is 12.6. The first-order valence-corrected chi connectivity index (χ1v) is 6.45. The highest BCUT2D eigenvalue weighted by Gasteiger charge is 2.03. The van der Waals surface area contributed by atoms with E-state index >= 15 is 0 Å². The summed E-state index contributed by atoms with van der Waals surface area (Å²) < 4.78 is 11.1. The van der Waals surface area contributed by atoms with E-state index in [0.717, 1.165) is 5.69 Å². The van der Waals surface area contributed by atoms with E-state index in [9.17, 15) is 14.3 Å². The summed E-state index contributed by atoms with van der Waals surface area (Å²) in [4.78, 5) is 9.96. The lowest BCUT2D eigenvalue weighted by Crippen LogP contribution is -2.11. The molecular weight excluding hydrogens is 228 g/mol. The van der Waals surface area contributed by atoms with E-state index in [2.05, 4.69) is 5.32 Å². The average Bonchev–Trinajstić information content (AvgIpc) is 2.29. The Balaban J connectivity index is 2.43. The fraction of sp³-hybridized carbons (Fsp3) is 0.400. The summed E-state index contributed by atoms with van der Waals surface area (Å²) in [7, 11) is -0.783. The molecule has 1 N–H and O–H groups in total. The van der Waals surface area contributed by atoms with E-state index in [1.807, 2.05) is 6.92 Å². The van der Waals surface area contributed by atoms with Gasteiger partial charge in [-0.15, -0.1) is 0 Å². The van der Waals surface area contributed by atoms with Crippen LogP contribution in [0.1, 0.15) is 6.92 Å². The van der Waals surface area contributed by atoms with Crippen LogP contribution < -0.4 is 5.32 Å². The molecule has 5 nitrogen and oxygen atoms in total. The molecular formula is C10H14N2O3S. The van der Waals surface area contributed by atoms with Crippen LogP contribution in [0.5, 0.6) is 0 Å². The highest BCUT2D eigenvalue weighted by Crippen LogP contribution is 2.14. The second kappa shape index (κ2) is 6.22. The number of nitrogens with one attached hydrogen (secondary N) is 1. The van der Waals surface area contributed by atoms with Gasteiger partial charge < -0.3 is 5.32 Å². The summed E-state index contributed by atoms with van der Waals surface area (Å²) >= 11 is 0. The van der Waals surface area contributed by atoms with Crippen LogP contribution in [0.2, 0.25) is 0 Å². The molecule has 0 bridgehead atoms. The first-order valence-electron chi connectivity index (χ1n) is 4.96. The van der Waals surface area contributed by atoms with Crippen molar-refractivity contribution in [3.05, 3.63) is 34.4 Å². The molecule has 0 aromatic heterocycles. The zero-order chi connectivity index (χ0) is 12.0. The van der Waals surface area contributed by atoms with Gasteiger partial charge in [-0.1, -0.05) is 6.92 Å². The maximum Gasteiger partial charge on any atom is 0.269 e. The summed E-state index contributed by atoms with van der Waals surface area (Å²) in [6.07, 6.45) is 0. The topological polar surface area (TPSA) is 72.2 Å². The Morgan fingerprint density at radius 1 is 1.38 bits per heavy atom. The largest absolute Gasteiger partial charge is 0.384 e. The molecule has 0 spiro atoms. The molecule has 0 aliphatic carbocycles. The third-order valence-electron chi connectivity index (χ3n) is 2.06. The lowest BCUT2D eigenvalue weighted by atomic mass is 10.3. The average molecular weight is 242 g/mol. The Morgan fingerprint density at radius 3 is 2.50 bits per heavy atom. The number of nitro groups is 1. The summed E-state index contributed by atoms with van der Waals surface area (Å²) in [5.74, 6) is 1.25. The monoisotopic (exact) mass is 242 g/mol. The lowest BCUT2D eigenvalue weighted by Gasteiger charge is -2.04. The number of nitrogens with zero attached hydrogens (tertiary/aromatic N) is 1. The van der Waals surface area contributed by atoms with Crippen LogP contribution in [0, 0.1) is 10.1 Å². The number of non-ortho nitro benzene ring substituents is 1. The third kappa shape index (κ3) is 3.98. The summed E-state index contributed by atoms with van der Waals surface area (Å²) in [5.41, 5.74) is 0.876. The third-order valence-corrected chi connectivity index (χ3v) is 3.36. The molecule has 0 aliphatic rings. The number of hydrogen-bond acceptors (Lipinski definition) is 4. The number of hydrogen-bond donors (Lipinski definition) is 1. The van der Waals surface area contributed by atoms with Gasteiger partial charge in [-0.2, -0.15) is 0 Å². The van der Waals surface area contributed by atoms with Gasteiger partial charge in [0.15, 0.2) is 0 Å². The Kier molecular flexibility index (Phi) is 4.91. The molecule has 16 heavy (non-hydrogen) atoms. The van der Waals surface area contributed by atoms with Crippen molar-refractivity contribution in [1.29, 1.82) is 0 Å². The van der Waals surface area contributed by atoms with Crippen molar-refractivity contribution >= 4 is 22.2 Å². The van der Waals surface area contributed by atoms with E-state index in [-0.39, 0.29) is 5.69 Å². The van der Waals surface area contributed by atoms with Crippen molar-refractivity contribution in [2.24, 2.45) is 0 Å². The van der Waals surface area contributed by atoms with Gasteiger partial charge in [0.25, 0.3) is 5.69 Å². The van der Waals surface area contributed by atoms with Crippen LogP contribution >= 0.6 is 0 Å². The predicted octanol–water partition coefficient (Wildman–Crippen LogP) is 1.78. The molecule has 1 unspecified atom stereocenters. The molecule has 88 valence electrons. The minimum absolute atomic E-state index is 0.0719. The maximum atomic E-state index is 11.1. The lowest BCUT2D eigenvalue weighted by molar-refractivity contribution is -0.384. The van der Waals surface area contributed by atoms with Gasteiger partial charge in [0, 0.05) is 46.7 Å². The molecule has 0 fully saturated rings. The maximum absolute atomic E-state index is 11.1. The fourth-order valence-electron chi connectivity index (χ4n) is 1.15. The molecule has 0 saturated heterocycles. The second-order valence-electron chi connectivity index (χ2n) is 3.16. The van der Waals surface area contributed by atoms with Gasteiger partial charge in [0.1, 0.15) is 0 Å². The Hall–Kier alpha value is -1.43. The second-order valence-corrected chi connectivity index (χ2v) is 5.03. The van der Waals surface area contributed by atoms with Crippen LogP contribution in [0.15, 0.2) is 24.3 Å². The van der Waals surface area contributed by atoms with Crippen molar-refractivity contribution in [3.8, 4) is 0 Å². The number of nitro benzene ring substituents is 1. The molecule has 0 amide bonds. The predicted molar refractivity (Wildman–Crippen MR) is 65.1 cm³/mol. The van der Waals surface area contributed by atoms with Gasteiger partial charge in [0.2, 0.25) is 0 Å². The van der Waals surface area contributed by atoms with Gasteiger partial charge in [-0.25, -0.2) is 0 Å². The molecule has 0 aliphatic heterocycles. The number of anilines is 1. The van der Waals surface area contributed by atoms with Gasteiger partial charge in [-0.05, 0) is 12.1 Å². The normalized spacial score (nSPS) is 12.1. The number of benzene rings is 1.